The average Bonchev–Trinajstić information content (AvgIpc) is 3.39. The number of benzene rings is 1. The summed E-state index contributed by atoms with van der Waals surface area (Å²) in [6, 6.07) is 9.48. The van der Waals surface area contributed by atoms with Gasteiger partial charge in [-0.2, -0.15) is 0 Å². The van der Waals surface area contributed by atoms with E-state index in [-0.39, 0.29) is 18.3 Å². The van der Waals surface area contributed by atoms with Crippen LogP contribution in [0.2, 0.25) is 0 Å². The van der Waals surface area contributed by atoms with Crippen molar-refractivity contribution in [2.75, 3.05) is 6.54 Å². The molecule has 1 heterocycles. The van der Waals surface area contributed by atoms with Gasteiger partial charge in [-0.3, -0.25) is 0 Å². The lowest BCUT2D eigenvalue weighted by molar-refractivity contribution is 0.0172. The molecule has 4 nitrogen and oxygen atoms in total. The molecule has 1 aromatic carbocycles. The molecule has 3 rings (SSSR count). The molecule has 0 amide bonds. The van der Waals surface area contributed by atoms with Gasteiger partial charge in [0, 0.05) is 12.1 Å². The van der Waals surface area contributed by atoms with Gasteiger partial charge < -0.3 is 15.9 Å². The second-order valence-corrected chi connectivity index (χ2v) is 7.09. The first-order chi connectivity index (χ1) is 11.2. The van der Waals surface area contributed by atoms with Crippen LogP contribution in [0.5, 0.6) is 0 Å². The van der Waals surface area contributed by atoms with Gasteiger partial charge in [-0.15, -0.1) is 0 Å². The summed E-state index contributed by atoms with van der Waals surface area (Å²) >= 11 is 0. The molecule has 1 aliphatic carbocycles. The number of aliphatic hydroxyl groups is 2. The Morgan fingerprint density at radius 1 is 1.17 bits per heavy atom. The van der Waals surface area contributed by atoms with E-state index in [1.807, 2.05) is 0 Å². The molecule has 1 saturated carbocycles. The molecule has 1 aromatic heterocycles. The molecule has 1 atom stereocenters. The second-order valence-electron chi connectivity index (χ2n) is 7.09. The Morgan fingerprint density at radius 3 is 2.29 bits per heavy atom. The molecular weight excluding hydrogens is 307 g/mol. The number of hydrogen-bond donors (Lipinski definition) is 3. The van der Waals surface area contributed by atoms with Gasteiger partial charge in [0.1, 0.15) is 11.4 Å². The smallest absolute Gasteiger partial charge is 0.123 e. The number of rotatable bonds is 5. The predicted octanol–water partition coefficient (Wildman–Crippen LogP) is 2.67. The number of nitrogens with two attached hydrogens (primary N) is 1. The third-order valence-electron chi connectivity index (χ3n) is 4.68. The lowest BCUT2D eigenvalue weighted by Crippen LogP contribution is -2.38. The summed E-state index contributed by atoms with van der Waals surface area (Å²) in [5, 5.41) is 21.4. The zero-order chi connectivity index (χ0) is 17.5. The van der Waals surface area contributed by atoms with E-state index in [1.165, 1.54) is 12.1 Å². The van der Waals surface area contributed by atoms with Crippen LogP contribution in [0.4, 0.5) is 4.39 Å². The van der Waals surface area contributed by atoms with E-state index in [0.29, 0.717) is 17.0 Å². The van der Waals surface area contributed by atoms with Crippen LogP contribution in [-0.4, -0.2) is 21.7 Å². The van der Waals surface area contributed by atoms with Crippen molar-refractivity contribution in [3.63, 3.8) is 0 Å². The fraction of sp³-hybridized carbons (Fsp3) is 0.421. The van der Waals surface area contributed by atoms with Gasteiger partial charge in [-0.1, -0.05) is 0 Å². The third-order valence-corrected chi connectivity index (χ3v) is 4.68. The van der Waals surface area contributed by atoms with Gasteiger partial charge >= 0.3 is 0 Å². The summed E-state index contributed by atoms with van der Waals surface area (Å²) < 4.78 is 13.2. The highest BCUT2D eigenvalue weighted by Gasteiger charge is 2.45. The van der Waals surface area contributed by atoms with Crippen LogP contribution in [0.15, 0.2) is 36.4 Å². The van der Waals surface area contributed by atoms with E-state index in [2.05, 4.69) is 4.98 Å². The fourth-order valence-electron chi connectivity index (χ4n) is 2.92. The van der Waals surface area contributed by atoms with Crippen molar-refractivity contribution in [1.82, 2.24) is 4.98 Å². The van der Waals surface area contributed by atoms with Crippen LogP contribution >= 0.6 is 0 Å². The topological polar surface area (TPSA) is 79.4 Å². The first kappa shape index (κ1) is 17.0. The highest BCUT2D eigenvalue weighted by molar-refractivity contribution is 5.60. The third kappa shape index (κ3) is 3.20. The van der Waals surface area contributed by atoms with Crippen molar-refractivity contribution >= 4 is 0 Å². The van der Waals surface area contributed by atoms with E-state index >= 15 is 0 Å². The van der Waals surface area contributed by atoms with Gasteiger partial charge in [0.15, 0.2) is 0 Å². The van der Waals surface area contributed by atoms with Crippen molar-refractivity contribution in [3.8, 4) is 11.3 Å². The predicted molar refractivity (Wildman–Crippen MR) is 90.6 cm³/mol. The highest BCUT2D eigenvalue weighted by Crippen LogP contribution is 2.45. The van der Waals surface area contributed by atoms with Gasteiger partial charge in [0.25, 0.3) is 0 Å². The molecule has 1 aliphatic rings. The van der Waals surface area contributed by atoms with Gasteiger partial charge in [0.2, 0.25) is 0 Å². The van der Waals surface area contributed by atoms with Crippen LogP contribution in [0.25, 0.3) is 11.3 Å². The zero-order valence-corrected chi connectivity index (χ0v) is 14.0. The minimum atomic E-state index is -1.20. The second kappa shape index (κ2) is 5.92. The molecule has 24 heavy (non-hydrogen) atoms. The van der Waals surface area contributed by atoms with Crippen LogP contribution in [0, 0.1) is 11.7 Å². The minimum absolute atomic E-state index is 0.0723. The highest BCUT2D eigenvalue weighted by atomic mass is 19.1. The molecule has 0 saturated heterocycles. The number of pyridine rings is 1. The molecule has 4 N–H and O–H groups in total. The SMILES string of the molecule is CC(C)(O)c1cc(-c2ccc(F)cc2)nc(C(O)(CN)C2CC2)c1. The van der Waals surface area contributed by atoms with Crippen LogP contribution < -0.4 is 5.73 Å². The summed E-state index contributed by atoms with van der Waals surface area (Å²) in [6.07, 6.45) is 1.82. The first-order valence-corrected chi connectivity index (χ1v) is 8.18. The molecule has 5 heteroatoms. The van der Waals surface area contributed by atoms with Gasteiger partial charge in [0.05, 0.1) is 17.0 Å². The number of aromatic nitrogens is 1. The maximum Gasteiger partial charge on any atom is 0.123 e. The maximum atomic E-state index is 13.2. The van der Waals surface area contributed by atoms with Crippen molar-refractivity contribution in [1.29, 1.82) is 0 Å². The van der Waals surface area contributed by atoms with E-state index in [0.717, 1.165) is 18.4 Å². The summed E-state index contributed by atoms with van der Waals surface area (Å²) in [4.78, 5) is 4.59. The molecule has 0 bridgehead atoms. The Bertz CT molecular complexity index is 736. The van der Waals surface area contributed by atoms with Crippen molar-refractivity contribution in [3.05, 3.63) is 53.5 Å². The molecular formula is C19H23FN2O2. The van der Waals surface area contributed by atoms with Gasteiger partial charge in [-0.25, -0.2) is 9.37 Å². The van der Waals surface area contributed by atoms with Crippen molar-refractivity contribution in [2.24, 2.45) is 11.7 Å². The minimum Gasteiger partial charge on any atom is -0.386 e. The Labute approximate surface area is 141 Å². The Kier molecular flexibility index (Phi) is 4.20. The largest absolute Gasteiger partial charge is 0.386 e. The number of hydrogen-bond acceptors (Lipinski definition) is 4. The van der Waals surface area contributed by atoms with Crippen molar-refractivity contribution in [2.45, 2.75) is 37.9 Å². The Hall–Kier alpha value is -1.82. The molecule has 1 unspecified atom stereocenters. The van der Waals surface area contributed by atoms with Crippen LogP contribution in [-0.2, 0) is 11.2 Å². The van der Waals surface area contributed by atoms with E-state index < -0.39 is 11.2 Å². The van der Waals surface area contributed by atoms with Crippen LogP contribution in [0.3, 0.4) is 0 Å². The normalized spacial score (nSPS) is 17.6. The van der Waals surface area contributed by atoms with E-state index in [9.17, 15) is 14.6 Å². The molecule has 128 valence electrons. The first-order valence-electron chi connectivity index (χ1n) is 8.18. The summed E-state index contributed by atoms with van der Waals surface area (Å²) in [5.74, 6) is -0.234. The average molecular weight is 330 g/mol. The van der Waals surface area contributed by atoms with Crippen molar-refractivity contribution < 1.29 is 14.6 Å². The summed E-state index contributed by atoms with van der Waals surface area (Å²) in [5.41, 5.74) is 5.96. The molecule has 0 spiro atoms. The molecule has 2 aromatic rings. The summed E-state index contributed by atoms with van der Waals surface area (Å²) in [6.45, 7) is 3.43. The molecule has 0 aliphatic heterocycles. The lowest BCUT2D eigenvalue weighted by Gasteiger charge is -2.28. The van der Waals surface area contributed by atoms with E-state index in [4.69, 9.17) is 5.73 Å². The number of halogens is 1. The Morgan fingerprint density at radius 2 is 1.79 bits per heavy atom. The zero-order valence-electron chi connectivity index (χ0n) is 14.0. The Balaban J connectivity index is 2.15. The quantitative estimate of drug-likeness (QED) is 0.787. The molecule has 0 radical (unpaired) electrons. The number of nitrogens with zero attached hydrogens (tertiary/aromatic N) is 1. The fourth-order valence-corrected chi connectivity index (χ4v) is 2.92. The monoisotopic (exact) mass is 330 g/mol. The standard InChI is InChI=1S/C19H23FN2O2/c1-18(2,23)14-9-16(12-3-7-15(20)8-4-12)22-17(10-14)19(24,11-21)13-5-6-13/h3-4,7-10,13,23-24H,5-6,11,21H2,1-2H3. The van der Waals surface area contributed by atoms with E-state index in [1.54, 1.807) is 38.1 Å². The maximum absolute atomic E-state index is 13.2. The molecule has 1 fully saturated rings. The van der Waals surface area contributed by atoms with Gasteiger partial charge in [-0.05, 0) is 74.6 Å². The summed E-state index contributed by atoms with van der Waals surface area (Å²) in [7, 11) is 0. The van der Waals surface area contributed by atoms with Crippen LogP contribution in [0.1, 0.15) is 37.9 Å². The lowest BCUT2D eigenvalue weighted by atomic mass is 9.88.